The Morgan fingerprint density at radius 3 is 2.56 bits per heavy atom. The molecule has 0 amide bonds. The molecule has 0 spiro atoms. The first kappa shape index (κ1) is 12.1. The minimum Gasteiger partial charge on any atom is -0.481 e. The zero-order valence-corrected chi connectivity index (χ0v) is 9.84. The minimum absolute atomic E-state index is 0.0584. The average Bonchev–Trinajstić information content (AvgIpc) is 2.38. The van der Waals surface area contributed by atoms with Gasteiger partial charge in [0.25, 0.3) is 0 Å². The molecule has 0 bridgehead atoms. The van der Waals surface area contributed by atoms with Crippen molar-refractivity contribution in [2.75, 3.05) is 5.32 Å². The van der Waals surface area contributed by atoms with Crippen LogP contribution in [0, 0.1) is 0 Å². The number of hydrogen-bond donors (Lipinski definition) is 2. The van der Waals surface area contributed by atoms with Gasteiger partial charge in [-0.2, -0.15) is 0 Å². The smallest absolute Gasteiger partial charge is 0.307 e. The minimum atomic E-state index is -0.814. The van der Waals surface area contributed by atoms with Gasteiger partial charge in [-0.15, -0.1) is 0 Å². The molecule has 1 aromatic carbocycles. The summed E-state index contributed by atoms with van der Waals surface area (Å²) in [7, 11) is 0. The number of pyridine rings is 1. The van der Waals surface area contributed by atoms with Crippen LogP contribution in [0.1, 0.15) is 11.1 Å². The maximum absolute atomic E-state index is 10.5. The van der Waals surface area contributed by atoms with Crippen molar-refractivity contribution in [3.8, 4) is 0 Å². The molecule has 2 N–H and O–H groups in total. The Morgan fingerprint density at radius 2 is 1.94 bits per heavy atom. The van der Waals surface area contributed by atoms with Crippen LogP contribution in [-0.2, 0) is 17.8 Å². The summed E-state index contributed by atoms with van der Waals surface area (Å²) in [6.07, 6.45) is 3.61. The number of carboxylic acid groups (broad SMARTS) is 1. The van der Waals surface area contributed by atoms with Crippen molar-refractivity contribution in [2.24, 2.45) is 0 Å². The quantitative estimate of drug-likeness (QED) is 0.844. The first-order chi connectivity index (χ1) is 8.74. The Bertz CT molecular complexity index is 509. The third-order valence-corrected chi connectivity index (χ3v) is 2.53. The summed E-state index contributed by atoms with van der Waals surface area (Å²) in [6.45, 7) is 0.701. The molecule has 0 saturated carbocycles. The number of rotatable bonds is 5. The zero-order chi connectivity index (χ0) is 12.8. The van der Waals surface area contributed by atoms with E-state index in [4.69, 9.17) is 5.11 Å². The highest BCUT2D eigenvalue weighted by Gasteiger charge is 2.00. The molecule has 4 heteroatoms. The molecule has 92 valence electrons. The number of nitrogens with one attached hydrogen (secondary N) is 1. The standard InChI is InChI=1S/C14H14N2O2/c17-14(18)8-11-3-5-13(6-4-11)16-10-12-2-1-7-15-9-12/h1-7,9,16H,8,10H2,(H,17,18). The van der Waals surface area contributed by atoms with Crippen LogP contribution in [0.25, 0.3) is 0 Å². The molecule has 0 saturated heterocycles. The van der Waals surface area contributed by atoms with Crippen LogP contribution in [0.3, 0.4) is 0 Å². The van der Waals surface area contributed by atoms with Crippen molar-refractivity contribution < 1.29 is 9.90 Å². The lowest BCUT2D eigenvalue weighted by atomic mass is 10.1. The van der Waals surface area contributed by atoms with Gasteiger partial charge in [0, 0.05) is 24.6 Å². The van der Waals surface area contributed by atoms with Crippen LogP contribution in [0.2, 0.25) is 0 Å². The molecule has 18 heavy (non-hydrogen) atoms. The normalized spacial score (nSPS) is 10.0. The van der Waals surface area contributed by atoms with Gasteiger partial charge in [-0.3, -0.25) is 9.78 Å². The molecule has 0 radical (unpaired) electrons. The van der Waals surface area contributed by atoms with Crippen LogP contribution in [0.15, 0.2) is 48.8 Å². The summed E-state index contributed by atoms with van der Waals surface area (Å²) < 4.78 is 0. The maximum atomic E-state index is 10.5. The molecule has 1 heterocycles. The van der Waals surface area contributed by atoms with E-state index in [-0.39, 0.29) is 6.42 Å². The highest BCUT2D eigenvalue weighted by atomic mass is 16.4. The topological polar surface area (TPSA) is 62.2 Å². The zero-order valence-electron chi connectivity index (χ0n) is 9.84. The first-order valence-electron chi connectivity index (χ1n) is 5.67. The molecular weight excluding hydrogens is 228 g/mol. The molecular formula is C14H14N2O2. The van der Waals surface area contributed by atoms with E-state index >= 15 is 0 Å². The van der Waals surface area contributed by atoms with Gasteiger partial charge in [-0.1, -0.05) is 18.2 Å². The number of aliphatic carboxylic acids is 1. The highest BCUT2D eigenvalue weighted by molar-refractivity contribution is 5.70. The number of anilines is 1. The number of hydrogen-bond acceptors (Lipinski definition) is 3. The van der Waals surface area contributed by atoms with Crippen LogP contribution in [0.4, 0.5) is 5.69 Å². The molecule has 1 aromatic heterocycles. The van der Waals surface area contributed by atoms with Crippen LogP contribution >= 0.6 is 0 Å². The Balaban J connectivity index is 1.92. The highest BCUT2D eigenvalue weighted by Crippen LogP contribution is 2.11. The van der Waals surface area contributed by atoms with Crippen molar-refractivity contribution in [3.63, 3.8) is 0 Å². The molecule has 0 fully saturated rings. The van der Waals surface area contributed by atoms with Crippen LogP contribution in [0.5, 0.6) is 0 Å². The number of aromatic nitrogens is 1. The number of carboxylic acids is 1. The number of benzene rings is 1. The fourth-order valence-electron chi connectivity index (χ4n) is 1.62. The van der Waals surface area contributed by atoms with Crippen molar-refractivity contribution in [1.29, 1.82) is 0 Å². The summed E-state index contributed by atoms with van der Waals surface area (Å²) in [5.41, 5.74) is 2.87. The lowest BCUT2D eigenvalue weighted by Gasteiger charge is -2.06. The molecule has 0 unspecified atom stereocenters. The van der Waals surface area contributed by atoms with Crippen molar-refractivity contribution in [3.05, 3.63) is 59.9 Å². The molecule has 2 aromatic rings. The Kier molecular flexibility index (Phi) is 3.91. The third-order valence-electron chi connectivity index (χ3n) is 2.53. The second kappa shape index (κ2) is 5.82. The predicted molar refractivity (Wildman–Crippen MR) is 69.3 cm³/mol. The molecule has 0 aliphatic carbocycles. The van der Waals surface area contributed by atoms with Gasteiger partial charge in [0.05, 0.1) is 6.42 Å². The van der Waals surface area contributed by atoms with E-state index in [1.54, 1.807) is 6.20 Å². The van der Waals surface area contributed by atoms with Gasteiger partial charge in [0.2, 0.25) is 0 Å². The van der Waals surface area contributed by atoms with Gasteiger partial charge < -0.3 is 10.4 Å². The number of nitrogens with zero attached hydrogens (tertiary/aromatic N) is 1. The predicted octanol–water partition coefficient (Wildman–Crippen LogP) is 2.32. The lowest BCUT2D eigenvalue weighted by molar-refractivity contribution is -0.136. The van der Waals surface area contributed by atoms with Crippen molar-refractivity contribution in [2.45, 2.75) is 13.0 Å². The SMILES string of the molecule is O=C(O)Cc1ccc(NCc2cccnc2)cc1. The fraction of sp³-hybridized carbons (Fsp3) is 0.143. The van der Waals surface area contributed by atoms with Gasteiger partial charge >= 0.3 is 5.97 Å². The van der Waals surface area contributed by atoms with Crippen LogP contribution < -0.4 is 5.32 Å². The second-order valence-electron chi connectivity index (χ2n) is 3.98. The second-order valence-corrected chi connectivity index (χ2v) is 3.98. The molecule has 0 aliphatic heterocycles. The Hall–Kier alpha value is -2.36. The van der Waals surface area contributed by atoms with E-state index in [0.717, 1.165) is 16.8 Å². The van der Waals surface area contributed by atoms with E-state index < -0.39 is 5.97 Å². The molecule has 0 aliphatic rings. The Labute approximate surface area is 105 Å². The van der Waals surface area contributed by atoms with E-state index in [0.29, 0.717) is 6.54 Å². The van der Waals surface area contributed by atoms with Crippen molar-refractivity contribution in [1.82, 2.24) is 4.98 Å². The summed E-state index contributed by atoms with van der Waals surface area (Å²) in [4.78, 5) is 14.6. The van der Waals surface area contributed by atoms with Gasteiger partial charge in [0.1, 0.15) is 0 Å². The largest absolute Gasteiger partial charge is 0.481 e. The van der Waals surface area contributed by atoms with E-state index in [2.05, 4.69) is 10.3 Å². The van der Waals surface area contributed by atoms with E-state index in [1.165, 1.54) is 0 Å². The lowest BCUT2D eigenvalue weighted by Crippen LogP contribution is -2.01. The summed E-state index contributed by atoms with van der Waals surface area (Å²) >= 11 is 0. The molecule has 2 rings (SSSR count). The maximum Gasteiger partial charge on any atom is 0.307 e. The molecule has 4 nitrogen and oxygen atoms in total. The van der Waals surface area contributed by atoms with E-state index in [9.17, 15) is 4.79 Å². The van der Waals surface area contributed by atoms with Crippen molar-refractivity contribution >= 4 is 11.7 Å². The number of carbonyl (C=O) groups is 1. The summed E-state index contributed by atoms with van der Waals surface area (Å²) in [5.74, 6) is -0.814. The van der Waals surface area contributed by atoms with Crippen LogP contribution in [-0.4, -0.2) is 16.1 Å². The third kappa shape index (κ3) is 3.59. The Morgan fingerprint density at radius 1 is 1.17 bits per heavy atom. The van der Waals surface area contributed by atoms with E-state index in [1.807, 2.05) is 42.6 Å². The van der Waals surface area contributed by atoms with Gasteiger partial charge in [-0.25, -0.2) is 0 Å². The van der Waals surface area contributed by atoms with Gasteiger partial charge in [0.15, 0.2) is 0 Å². The molecule has 0 atom stereocenters. The average molecular weight is 242 g/mol. The monoisotopic (exact) mass is 242 g/mol. The summed E-state index contributed by atoms with van der Waals surface area (Å²) in [5, 5.41) is 11.9. The van der Waals surface area contributed by atoms with Gasteiger partial charge in [-0.05, 0) is 29.3 Å². The summed E-state index contributed by atoms with van der Waals surface area (Å²) in [6, 6.07) is 11.3. The first-order valence-corrected chi connectivity index (χ1v) is 5.67. The fourth-order valence-corrected chi connectivity index (χ4v) is 1.62.